The molecule has 0 radical (unpaired) electrons. The molecule has 6 heteroatoms. The van der Waals surface area contributed by atoms with Crippen LogP contribution in [0.5, 0.6) is 0 Å². The van der Waals surface area contributed by atoms with Crippen LogP contribution in [0.4, 0.5) is 0 Å². The first kappa shape index (κ1) is 19.4. The van der Waals surface area contributed by atoms with Crippen molar-refractivity contribution in [2.24, 2.45) is 0 Å². The topological polar surface area (TPSA) is 88.8 Å². The van der Waals surface area contributed by atoms with Crippen LogP contribution in [-0.2, 0) is 19.9 Å². The van der Waals surface area contributed by atoms with Crippen molar-refractivity contribution >= 4 is 11.9 Å². The molecule has 1 aromatic heterocycles. The van der Waals surface area contributed by atoms with E-state index in [9.17, 15) is 14.7 Å². The first-order valence-corrected chi connectivity index (χ1v) is 8.85. The van der Waals surface area contributed by atoms with E-state index in [0.717, 1.165) is 0 Å². The third-order valence-corrected chi connectivity index (χ3v) is 4.36. The largest absolute Gasteiger partial charge is 0.467 e. The van der Waals surface area contributed by atoms with E-state index in [1.54, 1.807) is 79.7 Å². The van der Waals surface area contributed by atoms with Crippen molar-refractivity contribution in [3.8, 4) is 0 Å². The number of esters is 1. The number of nitrogens with one attached hydrogen (secondary N) is 1. The van der Waals surface area contributed by atoms with Crippen LogP contribution in [0.2, 0.25) is 0 Å². The third-order valence-electron chi connectivity index (χ3n) is 4.36. The van der Waals surface area contributed by atoms with Gasteiger partial charge in [-0.05, 0) is 30.2 Å². The van der Waals surface area contributed by atoms with Gasteiger partial charge in [-0.1, -0.05) is 60.7 Å². The van der Waals surface area contributed by atoms with Gasteiger partial charge in [-0.2, -0.15) is 0 Å². The molecule has 3 rings (SSSR count). The molecule has 1 amide bonds. The number of aliphatic hydroxyl groups is 1. The van der Waals surface area contributed by atoms with E-state index < -0.39 is 24.1 Å². The molecule has 0 aliphatic rings. The Balaban J connectivity index is 1.73. The van der Waals surface area contributed by atoms with Gasteiger partial charge in [-0.25, -0.2) is 4.79 Å². The van der Waals surface area contributed by atoms with Gasteiger partial charge in [0.2, 0.25) is 5.60 Å². The molecule has 0 saturated carbocycles. The monoisotopic (exact) mass is 379 g/mol. The van der Waals surface area contributed by atoms with Crippen molar-refractivity contribution in [2.45, 2.75) is 18.6 Å². The van der Waals surface area contributed by atoms with E-state index >= 15 is 0 Å². The molecule has 28 heavy (non-hydrogen) atoms. The number of hydrogen-bond acceptors (Lipinski definition) is 5. The molecule has 0 aliphatic heterocycles. The molecule has 0 unspecified atom stereocenters. The highest BCUT2D eigenvalue weighted by Gasteiger charge is 2.41. The SMILES string of the molecule is C[C@H](NC(=O)COC(=O)C(O)(c1ccccc1)c1ccccc1)c1ccco1. The minimum Gasteiger partial charge on any atom is -0.467 e. The lowest BCUT2D eigenvalue weighted by Gasteiger charge is -2.27. The summed E-state index contributed by atoms with van der Waals surface area (Å²) < 4.78 is 10.4. The van der Waals surface area contributed by atoms with Crippen LogP contribution in [-0.4, -0.2) is 23.6 Å². The molecule has 0 spiro atoms. The fourth-order valence-electron chi connectivity index (χ4n) is 2.89. The van der Waals surface area contributed by atoms with Crippen molar-refractivity contribution in [1.82, 2.24) is 5.32 Å². The van der Waals surface area contributed by atoms with E-state index in [1.807, 2.05) is 0 Å². The molecule has 144 valence electrons. The molecular formula is C22H21NO5. The van der Waals surface area contributed by atoms with Gasteiger partial charge in [-0.3, -0.25) is 4.79 Å². The van der Waals surface area contributed by atoms with Gasteiger partial charge in [0.05, 0.1) is 12.3 Å². The maximum Gasteiger partial charge on any atom is 0.348 e. The summed E-state index contributed by atoms with van der Waals surface area (Å²) in [6.07, 6.45) is 1.51. The van der Waals surface area contributed by atoms with Crippen LogP contribution in [0.25, 0.3) is 0 Å². The summed E-state index contributed by atoms with van der Waals surface area (Å²) in [6, 6.07) is 20.0. The summed E-state index contributed by atoms with van der Waals surface area (Å²) in [5.41, 5.74) is -1.30. The van der Waals surface area contributed by atoms with Gasteiger partial charge < -0.3 is 19.6 Å². The third kappa shape index (κ3) is 4.13. The second-order valence-corrected chi connectivity index (χ2v) is 6.32. The molecule has 0 fully saturated rings. The zero-order valence-corrected chi connectivity index (χ0v) is 15.4. The Morgan fingerprint density at radius 1 is 1.00 bits per heavy atom. The summed E-state index contributed by atoms with van der Waals surface area (Å²) in [5, 5.41) is 13.9. The summed E-state index contributed by atoms with van der Waals surface area (Å²) in [7, 11) is 0. The summed E-state index contributed by atoms with van der Waals surface area (Å²) in [5.74, 6) is -0.837. The number of hydrogen-bond donors (Lipinski definition) is 2. The van der Waals surface area contributed by atoms with Crippen molar-refractivity contribution in [3.05, 3.63) is 95.9 Å². The predicted molar refractivity (Wildman–Crippen MR) is 102 cm³/mol. The molecule has 2 N–H and O–H groups in total. The molecule has 0 bridgehead atoms. The van der Waals surface area contributed by atoms with Gasteiger partial charge in [0.15, 0.2) is 6.61 Å². The highest BCUT2D eigenvalue weighted by atomic mass is 16.6. The zero-order valence-electron chi connectivity index (χ0n) is 15.4. The Hall–Kier alpha value is -3.38. The quantitative estimate of drug-likeness (QED) is 0.616. The van der Waals surface area contributed by atoms with Gasteiger partial charge in [0.1, 0.15) is 5.76 Å². The van der Waals surface area contributed by atoms with E-state index in [2.05, 4.69) is 5.32 Å². The summed E-state index contributed by atoms with van der Waals surface area (Å²) in [4.78, 5) is 25.0. The minimum absolute atomic E-state index is 0.357. The highest BCUT2D eigenvalue weighted by molar-refractivity contribution is 5.88. The molecule has 2 aromatic carbocycles. The number of amides is 1. The second kappa shape index (κ2) is 8.54. The number of furan rings is 1. The number of carbonyl (C=O) groups is 2. The summed E-state index contributed by atoms with van der Waals surface area (Å²) >= 11 is 0. The lowest BCUT2D eigenvalue weighted by Crippen LogP contribution is -2.40. The van der Waals surface area contributed by atoms with E-state index in [0.29, 0.717) is 16.9 Å². The zero-order chi connectivity index (χ0) is 20.0. The lowest BCUT2D eigenvalue weighted by molar-refractivity contribution is -0.164. The second-order valence-electron chi connectivity index (χ2n) is 6.32. The van der Waals surface area contributed by atoms with Crippen molar-refractivity contribution in [2.75, 3.05) is 6.61 Å². The normalized spacial score (nSPS) is 12.2. The van der Waals surface area contributed by atoms with Crippen LogP contribution >= 0.6 is 0 Å². The Morgan fingerprint density at radius 2 is 1.57 bits per heavy atom. The molecule has 6 nitrogen and oxygen atoms in total. The van der Waals surface area contributed by atoms with Crippen LogP contribution in [0.1, 0.15) is 29.9 Å². The highest BCUT2D eigenvalue weighted by Crippen LogP contribution is 2.31. The molecule has 1 heterocycles. The minimum atomic E-state index is -2.02. The van der Waals surface area contributed by atoms with Crippen LogP contribution in [0.3, 0.4) is 0 Å². The first-order valence-electron chi connectivity index (χ1n) is 8.85. The number of ether oxygens (including phenoxy) is 1. The summed E-state index contributed by atoms with van der Waals surface area (Å²) in [6.45, 7) is 1.23. The Bertz CT molecular complexity index is 867. The maximum atomic E-state index is 12.8. The fourth-order valence-corrected chi connectivity index (χ4v) is 2.89. The van der Waals surface area contributed by atoms with Gasteiger partial charge in [0.25, 0.3) is 5.91 Å². The molecular weight excluding hydrogens is 358 g/mol. The van der Waals surface area contributed by atoms with E-state index in [-0.39, 0.29) is 6.04 Å². The van der Waals surface area contributed by atoms with Crippen LogP contribution in [0, 0.1) is 0 Å². The van der Waals surface area contributed by atoms with Gasteiger partial charge in [0, 0.05) is 0 Å². The number of benzene rings is 2. The smallest absolute Gasteiger partial charge is 0.348 e. The van der Waals surface area contributed by atoms with Crippen molar-refractivity contribution in [3.63, 3.8) is 0 Å². The predicted octanol–water partition coefficient (Wildman–Crippen LogP) is 2.94. The average molecular weight is 379 g/mol. The first-order chi connectivity index (χ1) is 13.5. The van der Waals surface area contributed by atoms with Crippen molar-refractivity contribution in [1.29, 1.82) is 0 Å². The van der Waals surface area contributed by atoms with E-state index in [4.69, 9.17) is 9.15 Å². The van der Waals surface area contributed by atoms with Gasteiger partial charge >= 0.3 is 5.97 Å². The Labute approximate surface area is 162 Å². The maximum absolute atomic E-state index is 12.8. The molecule has 0 aliphatic carbocycles. The van der Waals surface area contributed by atoms with Crippen LogP contribution < -0.4 is 5.32 Å². The number of carbonyl (C=O) groups excluding carboxylic acids is 2. The van der Waals surface area contributed by atoms with Crippen LogP contribution in [0.15, 0.2) is 83.5 Å². The lowest BCUT2D eigenvalue weighted by atomic mass is 9.86. The Kier molecular flexibility index (Phi) is 5.91. The average Bonchev–Trinajstić information content (AvgIpc) is 3.28. The molecule has 3 aromatic rings. The fraction of sp³-hybridized carbons (Fsp3) is 0.182. The standard InChI is InChI=1S/C22H21NO5/c1-16(19-13-8-14-27-19)23-20(24)15-28-21(25)22(26,17-9-4-2-5-10-17)18-11-6-3-7-12-18/h2-14,16,26H,15H2,1H3,(H,23,24)/t16-/m0/s1. The van der Waals surface area contributed by atoms with Gasteiger partial charge in [-0.15, -0.1) is 0 Å². The Morgan fingerprint density at radius 3 is 2.07 bits per heavy atom. The number of rotatable bonds is 7. The van der Waals surface area contributed by atoms with Crippen molar-refractivity contribution < 1.29 is 23.8 Å². The molecule has 0 saturated heterocycles. The molecule has 1 atom stereocenters. The van der Waals surface area contributed by atoms with E-state index in [1.165, 1.54) is 6.26 Å².